The van der Waals surface area contributed by atoms with Crippen LogP contribution in [0.4, 0.5) is 11.8 Å². The van der Waals surface area contributed by atoms with Crippen LogP contribution in [0.2, 0.25) is 0 Å². The first-order chi connectivity index (χ1) is 18.0. The van der Waals surface area contributed by atoms with Crippen molar-refractivity contribution in [2.75, 3.05) is 36.8 Å². The van der Waals surface area contributed by atoms with Crippen LogP contribution in [0.25, 0.3) is 11.2 Å². The van der Waals surface area contributed by atoms with Crippen molar-refractivity contribution >= 4 is 38.9 Å². The van der Waals surface area contributed by atoms with E-state index in [0.29, 0.717) is 39.8 Å². The SMILES string of the molecule is CCC(CC)Nc1nc(NCCN2CCCCC2)nc2c1ncn2C1OC(c2cc(Br)no2)C(O)C1O. The van der Waals surface area contributed by atoms with Crippen LogP contribution in [0, 0.1) is 0 Å². The number of piperidine rings is 1. The molecule has 4 unspecified atom stereocenters. The standard InChI is InChI=1S/C24H35BrN8O4/c1-3-14(4-2)28-21-17-22(30-24(29-21)26-8-11-32-9-6-5-7-10-32)33(13-27-17)23-19(35)18(34)20(36-23)15-12-16(25)31-37-15/h12-14,18-20,23,34-35H,3-11H2,1-2H3,(H2,26,28,29,30). The molecule has 12 nitrogen and oxygen atoms in total. The molecule has 2 saturated heterocycles. The maximum Gasteiger partial charge on any atom is 0.226 e. The molecule has 2 fully saturated rings. The summed E-state index contributed by atoms with van der Waals surface area (Å²) in [6.45, 7) is 8.13. The number of hydrogen-bond donors (Lipinski definition) is 4. The number of nitrogens with one attached hydrogen (secondary N) is 2. The molecule has 202 valence electrons. The number of aliphatic hydroxyl groups excluding tert-OH is 2. The highest BCUT2D eigenvalue weighted by Crippen LogP contribution is 2.40. The Morgan fingerprint density at radius 1 is 1.14 bits per heavy atom. The number of fused-ring (bicyclic) bond motifs is 1. The summed E-state index contributed by atoms with van der Waals surface area (Å²) in [6.07, 6.45) is 2.97. The van der Waals surface area contributed by atoms with Crippen LogP contribution in [-0.4, -0.2) is 84.2 Å². The van der Waals surface area contributed by atoms with Crippen molar-refractivity contribution < 1.29 is 19.5 Å². The van der Waals surface area contributed by atoms with E-state index in [1.54, 1.807) is 17.0 Å². The van der Waals surface area contributed by atoms with Crippen molar-refractivity contribution in [3.63, 3.8) is 0 Å². The van der Waals surface area contributed by atoms with E-state index >= 15 is 0 Å². The zero-order chi connectivity index (χ0) is 25.9. The van der Waals surface area contributed by atoms with Crippen molar-refractivity contribution in [2.45, 2.75) is 76.5 Å². The zero-order valence-corrected chi connectivity index (χ0v) is 22.8. The molecular formula is C24H35BrN8O4. The molecule has 2 aliphatic rings. The van der Waals surface area contributed by atoms with Crippen LogP contribution in [0.1, 0.15) is 64.0 Å². The van der Waals surface area contributed by atoms with E-state index in [4.69, 9.17) is 19.2 Å². The summed E-state index contributed by atoms with van der Waals surface area (Å²) in [5.74, 6) is 1.42. The van der Waals surface area contributed by atoms with E-state index in [1.165, 1.54) is 19.3 Å². The van der Waals surface area contributed by atoms with Gasteiger partial charge in [0.15, 0.2) is 29.0 Å². The minimum absolute atomic E-state index is 0.230. The average molecular weight is 580 g/mol. The topological polar surface area (TPSA) is 147 Å². The van der Waals surface area contributed by atoms with Gasteiger partial charge in [-0.2, -0.15) is 9.97 Å². The number of ether oxygens (including phenoxy) is 1. The predicted molar refractivity (Wildman–Crippen MR) is 141 cm³/mol. The molecule has 0 bridgehead atoms. The number of aromatic nitrogens is 5. The van der Waals surface area contributed by atoms with E-state index in [-0.39, 0.29) is 6.04 Å². The molecule has 5 rings (SSSR count). The summed E-state index contributed by atoms with van der Waals surface area (Å²) < 4.78 is 13.4. The maximum atomic E-state index is 10.9. The molecule has 3 aromatic heterocycles. The second-order valence-corrected chi connectivity index (χ2v) is 10.5. The Morgan fingerprint density at radius 3 is 2.62 bits per heavy atom. The second-order valence-electron chi connectivity index (χ2n) is 9.69. The third-order valence-electron chi connectivity index (χ3n) is 7.20. The first-order valence-corrected chi connectivity index (χ1v) is 13.9. The van der Waals surface area contributed by atoms with Gasteiger partial charge < -0.3 is 35.0 Å². The molecular weight excluding hydrogens is 544 g/mol. The van der Waals surface area contributed by atoms with Gasteiger partial charge in [0.05, 0.1) is 6.33 Å². The number of rotatable bonds is 10. The summed E-state index contributed by atoms with van der Waals surface area (Å²) in [5.41, 5.74) is 1.07. The molecule has 13 heteroatoms. The first kappa shape index (κ1) is 26.3. The third-order valence-corrected chi connectivity index (χ3v) is 7.57. The molecule has 3 aromatic rings. The number of anilines is 2. The highest BCUT2D eigenvalue weighted by Gasteiger charge is 2.47. The van der Waals surface area contributed by atoms with Gasteiger partial charge in [-0.05, 0) is 54.7 Å². The minimum Gasteiger partial charge on any atom is -0.387 e. The van der Waals surface area contributed by atoms with Crippen LogP contribution in [-0.2, 0) is 4.74 Å². The van der Waals surface area contributed by atoms with Gasteiger partial charge in [-0.25, -0.2) is 4.98 Å². The zero-order valence-electron chi connectivity index (χ0n) is 21.2. The lowest BCUT2D eigenvalue weighted by molar-refractivity contribution is -0.0434. The van der Waals surface area contributed by atoms with E-state index in [0.717, 1.165) is 32.5 Å². The molecule has 5 heterocycles. The van der Waals surface area contributed by atoms with Gasteiger partial charge >= 0.3 is 0 Å². The van der Waals surface area contributed by atoms with Crippen LogP contribution in [0.3, 0.4) is 0 Å². The Hall–Kier alpha value is -2.32. The summed E-state index contributed by atoms with van der Waals surface area (Å²) in [4.78, 5) is 16.5. The molecule has 0 amide bonds. The lowest BCUT2D eigenvalue weighted by atomic mass is 10.1. The predicted octanol–water partition coefficient (Wildman–Crippen LogP) is 3.07. The summed E-state index contributed by atoms with van der Waals surface area (Å²) in [7, 11) is 0. The Labute approximate surface area is 223 Å². The summed E-state index contributed by atoms with van der Waals surface area (Å²) in [5, 5.41) is 32.3. The quantitative estimate of drug-likeness (QED) is 0.281. The van der Waals surface area contributed by atoms with Crippen molar-refractivity contribution in [2.24, 2.45) is 0 Å². The average Bonchev–Trinajstić information content (AvgIpc) is 3.61. The molecule has 4 atom stereocenters. The van der Waals surface area contributed by atoms with Crippen LogP contribution in [0.5, 0.6) is 0 Å². The van der Waals surface area contributed by atoms with E-state index in [9.17, 15) is 10.2 Å². The fraction of sp³-hybridized carbons (Fsp3) is 0.667. The van der Waals surface area contributed by atoms with Crippen LogP contribution >= 0.6 is 15.9 Å². The Morgan fingerprint density at radius 2 is 1.92 bits per heavy atom. The van der Waals surface area contributed by atoms with Gasteiger partial charge in [-0.3, -0.25) is 4.57 Å². The van der Waals surface area contributed by atoms with Crippen molar-refractivity contribution in [3.05, 3.63) is 22.8 Å². The largest absolute Gasteiger partial charge is 0.387 e. The molecule has 0 radical (unpaired) electrons. The Kier molecular flexibility index (Phi) is 8.24. The van der Waals surface area contributed by atoms with Gasteiger partial charge in [-0.1, -0.05) is 25.4 Å². The van der Waals surface area contributed by atoms with Crippen molar-refractivity contribution in [1.29, 1.82) is 0 Å². The lowest BCUT2D eigenvalue weighted by Crippen LogP contribution is -2.34. The lowest BCUT2D eigenvalue weighted by Gasteiger charge is -2.26. The number of likely N-dealkylation sites (tertiary alicyclic amines) is 1. The molecule has 0 spiro atoms. The molecule has 0 aromatic carbocycles. The van der Waals surface area contributed by atoms with Gasteiger partial charge in [-0.15, -0.1) is 0 Å². The van der Waals surface area contributed by atoms with Crippen LogP contribution < -0.4 is 10.6 Å². The molecule has 0 aliphatic carbocycles. The number of imidazole rings is 1. The second kappa shape index (κ2) is 11.6. The molecule has 0 saturated carbocycles. The fourth-order valence-electron chi connectivity index (χ4n) is 5.00. The summed E-state index contributed by atoms with van der Waals surface area (Å²) >= 11 is 3.24. The third kappa shape index (κ3) is 5.60. The van der Waals surface area contributed by atoms with Gasteiger partial charge in [0.1, 0.15) is 22.9 Å². The van der Waals surface area contributed by atoms with Crippen LogP contribution in [0.15, 0.2) is 21.5 Å². The molecule has 37 heavy (non-hydrogen) atoms. The van der Waals surface area contributed by atoms with Crippen molar-refractivity contribution in [3.8, 4) is 0 Å². The Balaban J connectivity index is 1.43. The van der Waals surface area contributed by atoms with E-state index in [2.05, 4.69) is 55.5 Å². The highest BCUT2D eigenvalue weighted by atomic mass is 79.9. The highest BCUT2D eigenvalue weighted by molar-refractivity contribution is 9.10. The number of aliphatic hydroxyl groups is 2. The fourth-order valence-corrected chi connectivity index (χ4v) is 5.30. The van der Waals surface area contributed by atoms with E-state index in [1.807, 2.05) is 0 Å². The smallest absolute Gasteiger partial charge is 0.226 e. The summed E-state index contributed by atoms with van der Waals surface area (Å²) in [6, 6.07) is 1.84. The Bertz CT molecular complexity index is 1180. The van der Waals surface area contributed by atoms with Crippen molar-refractivity contribution in [1.82, 2.24) is 29.6 Å². The molecule has 2 aliphatic heterocycles. The van der Waals surface area contributed by atoms with E-state index < -0.39 is 24.5 Å². The number of nitrogens with zero attached hydrogens (tertiary/aromatic N) is 6. The normalized spacial score (nSPS) is 24.8. The minimum atomic E-state index is -1.23. The first-order valence-electron chi connectivity index (χ1n) is 13.1. The number of halogens is 1. The monoisotopic (exact) mass is 578 g/mol. The van der Waals surface area contributed by atoms with Gasteiger partial charge in [0.2, 0.25) is 5.95 Å². The number of hydrogen-bond acceptors (Lipinski definition) is 11. The molecule has 4 N–H and O–H groups in total. The van der Waals surface area contributed by atoms with Gasteiger partial charge in [0.25, 0.3) is 0 Å². The maximum absolute atomic E-state index is 10.9. The van der Waals surface area contributed by atoms with Gasteiger partial charge in [0, 0.05) is 25.2 Å².